The minimum Gasteiger partial charge on any atom is -0.396 e. The molecule has 0 bridgehead atoms. The van der Waals surface area contributed by atoms with Crippen molar-refractivity contribution in [2.75, 3.05) is 12.3 Å². The van der Waals surface area contributed by atoms with Gasteiger partial charge < -0.3 is 10.6 Å². The van der Waals surface area contributed by atoms with E-state index in [1.54, 1.807) is 11.7 Å². The average Bonchev–Trinajstić information content (AvgIpc) is 3.02. The number of aryl methyl sites for hydroxylation is 1. The van der Waals surface area contributed by atoms with E-state index in [0.717, 1.165) is 25.8 Å². The molecule has 0 spiro atoms. The van der Waals surface area contributed by atoms with E-state index in [1.807, 2.05) is 4.90 Å². The van der Waals surface area contributed by atoms with Gasteiger partial charge >= 0.3 is 0 Å². The Hall–Kier alpha value is -1.52. The van der Waals surface area contributed by atoms with Crippen LogP contribution in [0.15, 0.2) is 6.20 Å². The van der Waals surface area contributed by atoms with Crippen molar-refractivity contribution >= 4 is 11.6 Å². The van der Waals surface area contributed by atoms with Crippen molar-refractivity contribution in [1.82, 2.24) is 14.7 Å². The number of carbonyl (C=O) groups excluding carboxylic acids is 1. The molecule has 0 atom stereocenters. The molecule has 0 unspecified atom stereocenters. The van der Waals surface area contributed by atoms with E-state index in [2.05, 4.69) is 12.0 Å². The first-order valence-corrected chi connectivity index (χ1v) is 5.73. The zero-order valence-electron chi connectivity index (χ0n) is 9.81. The van der Waals surface area contributed by atoms with Gasteiger partial charge in [0.15, 0.2) is 0 Å². The van der Waals surface area contributed by atoms with Gasteiger partial charge in [0, 0.05) is 19.6 Å². The number of nitrogen functional groups attached to an aromatic ring is 1. The van der Waals surface area contributed by atoms with Gasteiger partial charge in [-0.1, -0.05) is 6.92 Å². The van der Waals surface area contributed by atoms with Gasteiger partial charge in [-0.3, -0.25) is 9.48 Å². The fourth-order valence-electron chi connectivity index (χ4n) is 1.93. The average molecular weight is 222 g/mol. The SMILES string of the molecule is CCCN(C(=O)c1c(N)cnn1C)C1CC1. The third-order valence-electron chi connectivity index (χ3n) is 2.88. The molecule has 1 aliphatic carbocycles. The minimum atomic E-state index is 0.0156. The van der Waals surface area contributed by atoms with Crippen LogP contribution in [0.5, 0.6) is 0 Å². The molecular formula is C11H18N4O. The van der Waals surface area contributed by atoms with Crippen LogP contribution in [-0.4, -0.2) is 33.2 Å². The number of anilines is 1. The van der Waals surface area contributed by atoms with Crippen LogP contribution in [0.4, 0.5) is 5.69 Å². The summed E-state index contributed by atoms with van der Waals surface area (Å²) in [5.74, 6) is 0.0156. The highest BCUT2D eigenvalue weighted by Crippen LogP contribution is 2.29. The largest absolute Gasteiger partial charge is 0.396 e. The summed E-state index contributed by atoms with van der Waals surface area (Å²) in [5.41, 5.74) is 6.75. The second-order valence-corrected chi connectivity index (χ2v) is 4.30. The fourth-order valence-corrected chi connectivity index (χ4v) is 1.93. The summed E-state index contributed by atoms with van der Waals surface area (Å²) in [7, 11) is 1.75. The van der Waals surface area contributed by atoms with Crippen molar-refractivity contribution in [2.45, 2.75) is 32.2 Å². The van der Waals surface area contributed by atoms with Crippen molar-refractivity contribution in [2.24, 2.45) is 7.05 Å². The lowest BCUT2D eigenvalue weighted by molar-refractivity contribution is 0.0733. The summed E-state index contributed by atoms with van der Waals surface area (Å²) in [4.78, 5) is 14.2. The molecule has 5 heteroatoms. The van der Waals surface area contributed by atoms with Crippen LogP contribution in [0, 0.1) is 0 Å². The van der Waals surface area contributed by atoms with Gasteiger partial charge in [0.05, 0.1) is 11.9 Å². The molecule has 1 saturated carbocycles. The Morgan fingerprint density at radius 3 is 2.81 bits per heavy atom. The highest BCUT2D eigenvalue weighted by atomic mass is 16.2. The van der Waals surface area contributed by atoms with Gasteiger partial charge in [0.2, 0.25) is 0 Å². The molecule has 88 valence electrons. The molecular weight excluding hydrogens is 204 g/mol. The third-order valence-corrected chi connectivity index (χ3v) is 2.88. The van der Waals surface area contributed by atoms with E-state index in [0.29, 0.717) is 17.4 Å². The van der Waals surface area contributed by atoms with Crippen LogP contribution in [-0.2, 0) is 7.05 Å². The molecule has 0 aliphatic heterocycles. The van der Waals surface area contributed by atoms with Crippen molar-refractivity contribution < 1.29 is 4.79 Å². The topological polar surface area (TPSA) is 64.2 Å². The number of hydrogen-bond acceptors (Lipinski definition) is 3. The quantitative estimate of drug-likeness (QED) is 0.827. The Morgan fingerprint density at radius 2 is 2.38 bits per heavy atom. The summed E-state index contributed by atoms with van der Waals surface area (Å²) in [6.07, 6.45) is 4.73. The molecule has 1 heterocycles. The van der Waals surface area contributed by atoms with E-state index in [1.165, 1.54) is 6.20 Å². The minimum absolute atomic E-state index is 0.0156. The van der Waals surface area contributed by atoms with Crippen molar-refractivity contribution in [3.63, 3.8) is 0 Å². The zero-order chi connectivity index (χ0) is 11.7. The van der Waals surface area contributed by atoms with Gasteiger partial charge in [-0.15, -0.1) is 0 Å². The summed E-state index contributed by atoms with van der Waals surface area (Å²) >= 11 is 0. The Bertz CT molecular complexity index is 375. The van der Waals surface area contributed by atoms with Crippen LogP contribution in [0.2, 0.25) is 0 Å². The second-order valence-electron chi connectivity index (χ2n) is 4.30. The molecule has 16 heavy (non-hydrogen) atoms. The predicted octanol–water partition coefficient (Wildman–Crippen LogP) is 1.02. The molecule has 1 aromatic heterocycles. The van der Waals surface area contributed by atoms with Gasteiger partial charge in [-0.2, -0.15) is 5.10 Å². The standard InChI is InChI=1S/C11H18N4O/c1-3-6-15(8-4-5-8)11(16)10-9(12)7-13-14(10)2/h7-8H,3-6,12H2,1-2H3. The normalized spacial score (nSPS) is 15.1. The Kier molecular flexibility index (Phi) is 2.85. The monoisotopic (exact) mass is 222 g/mol. The molecule has 1 amide bonds. The Balaban J connectivity index is 2.22. The molecule has 0 radical (unpaired) electrons. The maximum absolute atomic E-state index is 12.3. The number of rotatable bonds is 4. The molecule has 1 aromatic rings. The summed E-state index contributed by atoms with van der Waals surface area (Å²) in [6.45, 7) is 2.88. The van der Waals surface area contributed by atoms with E-state index in [4.69, 9.17) is 5.73 Å². The molecule has 5 nitrogen and oxygen atoms in total. The maximum atomic E-state index is 12.3. The van der Waals surface area contributed by atoms with Crippen molar-refractivity contribution in [3.8, 4) is 0 Å². The van der Waals surface area contributed by atoms with Gasteiger partial charge in [-0.25, -0.2) is 0 Å². The number of amides is 1. The molecule has 2 rings (SSSR count). The lowest BCUT2D eigenvalue weighted by Crippen LogP contribution is -2.35. The van der Waals surface area contributed by atoms with E-state index >= 15 is 0 Å². The predicted molar refractivity (Wildman–Crippen MR) is 62.0 cm³/mol. The van der Waals surface area contributed by atoms with E-state index in [9.17, 15) is 4.79 Å². The first kappa shape index (κ1) is 11.0. The smallest absolute Gasteiger partial charge is 0.274 e. The molecule has 2 N–H and O–H groups in total. The number of nitrogens with zero attached hydrogens (tertiary/aromatic N) is 3. The van der Waals surface area contributed by atoms with Gasteiger partial charge in [-0.05, 0) is 19.3 Å². The van der Waals surface area contributed by atoms with Gasteiger partial charge in [0.25, 0.3) is 5.91 Å². The number of nitrogens with two attached hydrogens (primary N) is 1. The van der Waals surface area contributed by atoms with Crippen molar-refractivity contribution in [3.05, 3.63) is 11.9 Å². The zero-order valence-corrected chi connectivity index (χ0v) is 9.81. The number of aromatic nitrogens is 2. The lowest BCUT2D eigenvalue weighted by atomic mass is 10.3. The number of carbonyl (C=O) groups is 1. The van der Waals surface area contributed by atoms with Crippen LogP contribution >= 0.6 is 0 Å². The van der Waals surface area contributed by atoms with Gasteiger partial charge in [0.1, 0.15) is 5.69 Å². The second kappa shape index (κ2) is 4.15. The van der Waals surface area contributed by atoms with E-state index in [-0.39, 0.29) is 5.91 Å². The molecule has 0 saturated heterocycles. The highest BCUT2D eigenvalue weighted by Gasteiger charge is 2.34. The first-order chi connectivity index (χ1) is 7.65. The van der Waals surface area contributed by atoms with Crippen LogP contribution < -0.4 is 5.73 Å². The summed E-state index contributed by atoms with van der Waals surface area (Å²) in [6, 6.07) is 0.418. The van der Waals surface area contributed by atoms with Crippen LogP contribution in [0.1, 0.15) is 36.7 Å². The first-order valence-electron chi connectivity index (χ1n) is 5.73. The van der Waals surface area contributed by atoms with Crippen molar-refractivity contribution in [1.29, 1.82) is 0 Å². The van der Waals surface area contributed by atoms with Crippen LogP contribution in [0.3, 0.4) is 0 Å². The Labute approximate surface area is 95.2 Å². The number of hydrogen-bond donors (Lipinski definition) is 1. The molecule has 1 fully saturated rings. The third kappa shape index (κ3) is 1.89. The van der Waals surface area contributed by atoms with Crippen LogP contribution in [0.25, 0.3) is 0 Å². The van der Waals surface area contributed by atoms with E-state index < -0.39 is 0 Å². The summed E-state index contributed by atoms with van der Waals surface area (Å²) < 4.78 is 1.56. The Morgan fingerprint density at radius 1 is 1.69 bits per heavy atom. The molecule has 1 aliphatic rings. The highest BCUT2D eigenvalue weighted by molar-refractivity contribution is 5.97. The fraction of sp³-hybridized carbons (Fsp3) is 0.636. The lowest BCUT2D eigenvalue weighted by Gasteiger charge is -2.21. The molecule has 0 aromatic carbocycles. The summed E-state index contributed by atoms with van der Waals surface area (Å²) in [5, 5.41) is 4.00. The maximum Gasteiger partial charge on any atom is 0.274 e.